The number of carboxylic acids is 1. The number of nitrogens with zero attached hydrogens (tertiary/aromatic N) is 2. The van der Waals surface area contributed by atoms with E-state index in [9.17, 15) is 9.59 Å². The van der Waals surface area contributed by atoms with Crippen molar-refractivity contribution in [3.8, 4) is 0 Å². The van der Waals surface area contributed by atoms with Gasteiger partial charge in [-0.1, -0.05) is 12.1 Å². The summed E-state index contributed by atoms with van der Waals surface area (Å²) in [6, 6.07) is 8.40. The van der Waals surface area contributed by atoms with Crippen LogP contribution in [-0.4, -0.2) is 26.8 Å². The van der Waals surface area contributed by atoms with Gasteiger partial charge >= 0.3 is 5.97 Å². The van der Waals surface area contributed by atoms with Gasteiger partial charge in [-0.3, -0.25) is 9.48 Å². The Labute approximate surface area is 122 Å². The van der Waals surface area contributed by atoms with Crippen LogP contribution in [0.1, 0.15) is 27.3 Å². The fourth-order valence-corrected chi connectivity index (χ4v) is 2.04. The SMILES string of the molecule is Cc1cc(C)n(CC(=O)NCc2cccc(C(=O)O)c2)n1. The number of aryl methyl sites for hydroxylation is 2. The summed E-state index contributed by atoms with van der Waals surface area (Å²) in [5, 5.41) is 15.9. The number of carbonyl (C=O) groups is 2. The van der Waals surface area contributed by atoms with E-state index in [0.29, 0.717) is 6.54 Å². The largest absolute Gasteiger partial charge is 0.478 e. The lowest BCUT2D eigenvalue weighted by Gasteiger charge is -2.07. The van der Waals surface area contributed by atoms with Crippen LogP contribution >= 0.6 is 0 Å². The Morgan fingerprint density at radius 3 is 2.67 bits per heavy atom. The molecule has 6 nitrogen and oxygen atoms in total. The average molecular weight is 287 g/mol. The van der Waals surface area contributed by atoms with Gasteiger partial charge in [0.2, 0.25) is 5.91 Å². The summed E-state index contributed by atoms with van der Waals surface area (Å²) in [5.74, 6) is -1.15. The topological polar surface area (TPSA) is 84.2 Å². The molecule has 21 heavy (non-hydrogen) atoms. The second kappa shape index (κ2) is 6.21. The van der Waals surface area contributed by atoms with Crippen LogP contribution in [0, 0.1) is 13.8 Å². The second-order valence-electron chi connectivity index (χ2n) is 4.87. The van der Waals surface area contributed by atoms with E-state index in [-0.39, 0.29) is 18.0 Å². The molecule has 0 saturated heterocycles. The van der Waals surface area contributed by atoms with E-state index in [1.165, 1.54) is 6.07 Å². The van der Waals surface area contributed by atoms with E-state index in [4.69, 9.17) is 5.11 Å². The van der Waals surface area contributed by atoms with Gasteiger partial charge in [0, 0.05) is 12.2 Å². The predicted molar refractivity (Wildman–Crippen MR) is 76.9 cm³/mol. The summed E-state index contributed by atoms with van der Waals surface area (Å²) < 4.78 is 1.64. The first-order valence-electron chi connectivity index (χ1n) is 6.55. The molecule has 0 spiro atoms. The van der Waals surface area contributed by atoms with Crippen LogP contribution in [-0.2, 0) is 17.9 Å². The lowest BCUT2D eigenvalue weighted by molar-refractivity contribution is -0.122. The van der Waals surface area contributed by atoms with Crippen molar-refractivity contribution in [3.05, 3.63) is 52.8 Å². The highest BCUT2D eigenvalue weighted by Crippen LogP contribution is 2.05. The van der Waals surface area contributed by atoms with E-state index in [1.54, 1.807) is 22.9 Å². The zero-order valence-electron chi connectivity index (χ0n) is 12.0. The molecule has 0 atom stereocenters. The van der Waals surface area contributed by atoms with Crippen molar-refractivity contribution in [1.82, 2.24) is 15.1 Å². The molecule has 1 aromatic carbocycles. The van der Waals surface area contributed by atoms with Crippen molar-refractivity contribution in [1.29, 1.82) is 0 Å². The van der Waals surface area contributed by atoms with E-state index in [2.05, 4.69) is 10.4 Å². The molecule has 0 saturated carbocycles. The number of hydrogen-bond donors (Lipinski definition) is 2. The highest BCUT2D eigenvalue weighted by Gasteiger charge is 2.08. The third-order valence-electron chi connectivity index (χ3n) is 3.06. The van der Waals surface area contributed by atoms with Gasteiger partial charge in [0.25, 0.3) is 0 Å². The number of carbonyl (C=O) groups excluding carboxylic acids is 1. The highest BCUT2D eigenvalue weighted by atomic mass is 16.4. The Morgan fingerprint density at radius 1 is 1.29 bits per heavy atom. The quantitative estimate of drug-likeness (QED) is 0.873. The van der Waals surface area contributed by atoms with Gasteiger partial charge in [-0.15, -0.1) is 0 Å². The monoisotopic (exact) mass is 287 g/mol. The standard InChI is InChI=1S/C15H17N3O3/c1-10-6-11(2)18(17-10)9-14(19)16-8-12-4-3-5-13(7-12)15(20)21/h3-7H,8-9H2,1-2H3,(H,16,19)(H,20,21). The first-order chi connectivity index (χ1) is 9.95. The second-order valence-corrected chi connectivity index (χ2v) is 4.87. The van der Waals surface area contributed by atoms with Crippen LogP contribution in [0.5, 0.6) is 0 Å². The summed E-state index contributed by atoms with van der Waals surface area (Å²) >= 11 is 0. The number of amides is 1. The maximum atomic E-state index is 11.9. The Hall–Kier alpha value is -2.63. The van der Waals surface area contributed by atoms with E-state index >= 15 is 0 Å². The van der Waals surface area contributed by atoms with Crippen LogP contribution < -0.4 is 5.32 Å². The molecule has 2 N–H and O–H groups in total. The third kappa shape index (κ3) is 3.92. The summed E-state index contributed by atoms with van der Waals surface area (Å²) in [7, 11) is 0. The molecule has 0 aliphatic carbocycles. The molecular formula is C15H17N3O3. The van der Waals surface area contributed by atoms with Crippen LogP contribution in [0.4, 0.5) is 0 Å². The van der Waals surface area contributed by atoms with Crippen molar-refractivity contribution < 1.29 is 14.7 Å². The zero-order chi connectivity index (χ0) is 15.4. The number of carboxylic acid groups (broad SMARTS) is 1. The Kier molecular flexibility index (Phi) is 4.37. The minimum absolute atomic E-state index is 0.151. The number of aromatic carboxylic acids is 1. The molecule has 0 aliphatic heterocycles. The molecule has 1 aromatic heterocycles. The molecular weight excluding hydrogens is 270 g/mol. The summed E-state index contributed by atoms with van der Waals surface area (Å²) in [4.78, 5) is 22.8. The van der Waals surface area contributed by atoms with Gasteiger partial charge in [0.05, 0.1) is 11.3 Å². The fraction of sp³-hybridized carbons (Fsp3) is 0.267. The normalized spacial score (nSPS) is 10.4. The van der Waals surface area contributed by atoms with Crippen LogP contribution in [0.15, 0.2) is 30.3 Å². The van der Waals surface area contributed by atoms with Gasteiger partial charge in [-0.25, -0.2) is 4.79 Å². The number of hydrogen-bond acceptors (Lipinski definition) is 3. The van der Waals surface area contributed by atoms with Crippen molar-refractivity contribution in [3.63, 3.8) is 0 Å². The van der Waals surface area contributed by atoms with Gasteiger partial charge in [0.1, 0.15) is 6.54 Å². The summed E-state index contributed by atoms with van der Waals surface area (Å²) in [6.07, 6.45) is 0. The van der Waals surface area contributed by atoms with Crippen molar-refractivity contribution in [2.75, 3.05) is 0 Å². The van der Waals surface area contributed by atoms with Crippen molar-refractivity contribution in [2.45, 2.75) is 26.9 Å². The average Bonchev–Trinajstić information content (AvgIpc) is 2.75. The van der Waals surface area contributed by atoms with E-state index in [1.807, 2.05) is 19.9 Å². The minimum atomic E-state index is -0.981. The van der Waals surface area contributed by atoms with Crippen LogP contribution in [0.3, 0.4) is 0 Å². The maximum Gasteiger partial charge on any atom is 0.335 e. The molecule has 110 valence electrons. The molecule has 0 bridgehead atoms. The molecule has 0 radical (unpaired) electrons. The minimum Gasteiger partial charge on any atom is -0.478 e. The number of rotatable bonds is 5. The van der Waals surface area contributed by atoms with Crippen molar-refractivity contribution in [2.24, 2.45) is 0 Å². The third-order valence-corrected chi connectivity index (χ3v) is 3.06. The van der Waals surface area contributed by atoms with Gasteiger partial charge in [-0.05, 0) is 37.6 Å². The van der Waals surface area contributed by atoms with Gasteiger partial charge in [0.15, 0.2) is 0 Å². The van der Waals surface area contributed by atoms with Crippen LogP contribution in [0.2, 0.25) is 0 Å². The highest BCUT2D eigenvalue weighted by molar-refractivity contribution is 5.87. The maximum absolute atomic E-state index is 11.9. The molecule has 1 heterocycles. The van der Waals surface area contributed by atoms with Crippen molar-refractivity contribution >= 4 is 11.9 Å². The molecule has 2 aromatic rings. The van der Waals surface area contributed by atoms with Crippen LogP contribution in [0.25, 0.3) is 0 Å². The summed E-state index contributed by atoms with van der Waals surface area (Å²) in [6.45, 7) is 4.21. The first-order valence-corrected chi connectivity index (χ1v) is 6.55. The molecule has 1 amide bonds. The zero-order valence-corrected chi connectivity index (χ0v) is 12.0. The lowest BCUT2D eigenvalue weighted by Crippen LogP contribution is -2.28. The molecule has 2 rings (SSSR count). The van der Waals surface area contributed by atoms with E-state index in [0.717, 1.165) is 17.0 Å². The molecule has 0 unspecified atom stereocenters. The first kappa shape index (κ1) is 14.8. The number of nitrogens with one attached hydrogen (secondary N) is 1. The summed E-state index contributed by atoms with van der Waals surface area (Å²) in [5.41, 5.74) is 2.75. The Bertz CT molecular complexity index is 677. The molecule has 0 aliphatic rings. The van der Waals surface area contributed by atoms with Gasteiger partial charge < -0.3 is 10.4 Å². The number of benzene rings is 1. The Balaban J connectivity index is 1.93. The smallest absolute Gasteiger partial charge is 0.335 e. The lowest BCUT2D eigenvalue weighted by atomic mass is 10.1. The van der Waals surface area contributed by atoms with Gasteiger partial charge in [-0.2, -0.15) is 5.10 Å². The number of aromatic nitrogens is 2. The van der Waals surface area contributed by atoms with E-state index < -0.39 is 5.97 Å². The molecule has 6 heteroatoms. The Morgan fingerprint density at radius 2 is 2.05 bits per heavy atom. The predicted octanol–water partition coefficient (Wildman–Crippen LogP) is 1.51. The fourth-order valence-electron chi connectivity index (χ4n) is 2.04. The molecule has 0 fully saturated rings.